The van der Waals surface area contributed by atoms with E-state index in [-0.39, 0.29) is 0 Å². The van der Waals surface area contributed by atoms with E-state index < -0.39 is 6.04 Å². The molecular weight excluding hydrogens is 342 g/mol. The molecule has 0 amide bonds. The third-order valence-corrected chi connectivity index (χ3v) is 4.78. The lowest BCUT2D eigenvalue weighted by molar-refractivity contribution is -0.495. The molecule has 4 aromatic carbocycles. The molecule has 0 radical (unpaired) electrons. The van der Waals surface area contributed by atoms with E-state index in [1.165, 1.54) is 0 Å². The lowest BCUT2D eigenvalue weighted by Crippen LogP contribution is -2.24. The van der Waals surface area contributed by atoms with Crippen LogP contribution in [-0.2, 0) is 0 Å². The molecule has 4 rings (SSSR count). The average molecular weight is 363 g/mol. The van der Waals surface area contributed by atoms with Gasteiger partial charge in [0.25, 0.3) is 0 Å². The molecule has 0 saturated carbocycles. The number of hydroxylamine groups is 1. The van der Waals surface area contributed by atoms with Gasteiger partial charge in [-0.05, 0) is 24.3 Å². The standard InChI is InChI=1S/C26H21NO/c28-27(25(21-13-5-1-6-14-21)22-15-7-2-8-16-22)26(23-17-9-3-10-18-23)24-19-11-4-12-20-24/h1-20,25H. The number of benzene rings is 4. The molecule has 4 aromatic rings. The number of nitrogens with zero attached hydrogens (tertiary/aromatic N) is 1. The molecule has 0 aliphatic rings. The lowest BCUT2D eigenvalue weighted by Gasteiger charge is -2.21. The summed E-state index contributed by atoms with van der Waals surface area (Å²) < 4.78 is 1.15. The molecule has 0 N–H and O–H groups in total. The van der Waals surface area contributed by atoms with Gasteiger partial charge in [0.1, 0.15) is 0 Å². The maximum atomic E-state index is 13.9. The maximum Gasteiger partial charge on any atom is 0.226 e. The third-order valence-electron chi connectivity index (χ3n) is 4.78. The van der Waals surface area contributed by atoms with Gasteiger partial charge in [0.15, 0.2) is 0 Å². The van der Waals surface area contributed by atoms with Crippen molar-refractivity contribution in [1.29, 1.82) is 0 Å². The monoisotopic (exact) mass is 363 g/mol. The van der Waals surface area contributed by atoms with Crippen LogP contribution in [0.2, 0.25) is 0 Å². The van der Waals surface area contributed by atoms with Crippen molar-refractivity contribution in [3.8, 4) is 0 Å². The minimum atomic E-state index is -0.433. The van der Waals surface area contributed by atoms with E-state index in [4.69, 9.17) is 0 Å². The van der Waals surface area contributed by atoms with Gasteiger partial charge in [0, 0.05) is 22.3 Å². The van der Waals surface area contributed by atoms with E-state index in [1.807, 2.05) is 121 Å². The molecule has 2 nitrogen and oxygen atoms in total. The zero-order chi connectivity index (χ0) is 19.2. The number of rotatable bonds is 5. The lowest BCUT2D eigenvalue weighted by atomic mass is 9.96. The molecule has 0 bridgehead atoms. The fraction of sp³-hybridized carbons (Fsp3) is 0.0385. The first-order chi connectivity index (χ1) is 13.8. The van der Waals surface area contributed by atoms with E-state index >= 15 is 0 Å². The van der Waals surface area contributed by atoms with Gasteiger partial charge in [-0.2, -0.15) is 4.74 Å². The molecule has 0 unspecified atom stereocenters. The largest absolute Gasteiger partial charge is 0.623 e. The normalized spacial score (nSPS) is 10.6. The van der Waals surface area contributed by atoms with E-state index in [0.717, 1.165) is 27.0 Å². The van der Waals surface area contributed by atoms with Crippen LogP contribution in [0.1, 0.15) is 28.3 Å². The van der Waals surface area contributed by atoms with Crippen LogP contribution in [0.15, 0.2) is 121 Å². The van der Waals surface area contributed by atoms with Crippen molar-refractivity contribution in [2.24, 2.45) is 0 Å². The fourth-order valence-electron chi connectivity index (χ4n) is 3.48. The Morgan fingerprint density at radius 3 is 1.18 bits per heavy atom. The quantitative estimate of drug-likeness (QED) is 0.190. The van der Waals surface area contributed by atoms with Crippen LogP contribution in [0, 0.1) is 5.21 Å². The van der Waals surface area contributed by atoms with Crippen molar-refractivity contribution < 1.29 is 4.74 Å². The first-order valence-electron chi connectivity index (χ1n) is 9.38. The minimum Gasteiger partial charge on any atom is -0.623 e. The van der Waals surface area contributed by atoms with Crippen LogP contribution in [0.3, 0.4) is 0 Å². The zero-order valence-corrected chi connectivity index (χ0v) is 15.5. The van der Waals surface area contributed by atoms with E-state index in [1.54, 1.807) is 0 Å². The first kappa shape index (κ1) is 17.7. The van der Waals surface area contributed by atoms with Gasteiger partial charge >= 0.3 is 0 Å². The molecule has 0 atom stereocenters. The second-order valence-electron chi connectivity index (χ2n) is 6.63. The smallest absolute Gasteiger partial charge is 0.226 e. The van der Waals surface area contributed by atoms with Crippen molar-refractivity contribution in [3.63, 3.8) is 0 Å². The minimum absolute atomic E-state index is 0.433. The second kappa shape index (κ2) is 8.36. The Morgan fingerprint density at radius 1 is 0.500 bits per heavy atom. The topological polar surface area (TPSA) is 26.1 Å². The van der Waals surface area contributed by atoms with Gasteiger partial charge in [-0.1, -0.05) is 97.1 Å². The zero-order valence-electron chi connectivity index (χ0n) is 15.5. The van der Waals surface area contributed by atoms with Gasteiger partial charge in [0.05, 0.1) is 0 Å². The fourth-order valence-corrected chi connectivity index (χ4v) is 3.48. The molecule has 0 saturated heterocycles. The average Bonchev–Trinajstić information content (AvgIpc) is 2.77. The maximum absolute atomic E-state index is 13.9. The summed E-state index contributed by atoms with van der Waals surface area (Å²) in [6.07, 6.45) is 0. The Morgan fingerprint density at radius 2 is 0.821 bits per heavy atom. The van der Waals surface area contributed by atoms with E-state index in [2.05, 4.69) is 0 Å². The van der Waals surface area contributed by atoms with Gasteiger partial charge < -0.3 is 5.21 Å². The predicted octanol–water partition coefficient (Wildman–Crippen LogP) is 5.82. The number of hydrogen-bond acceptors (Lipinski definition) is 1. The van der Waals surface area contributed by atoms with Gasteiger partial charge in [0.2, 0.25) is 11.8 Å². The molecule has 136 valence electrons. The van der Waals surface area contributed by atoms with Crippen molar-refractivity contribution in [1.82, 2.24) is 0 Å². The van der Waals surface area contributed by atoms with Crippen LogP contribution >= 0.6 is 0 Å². The van der Waals surface area contributed by atoms with Crippen molar-refractivity contribution in [2.45, 2.75) is 6.04 Å². The van der Waals surface area contributed by atoms with Crippen LogP contribution in [-0.4, -0.2) is 10.5 Å². The molecule has 2 heteroatoms. The summed E-state index contributed by atoms with van der Waals surface area (Å²) in [6.45, 7) is 0. The molecule has 0 aliphatic heterocycles. The first-order valence-corrected chi connectivity index (χ1v) is 9.38. The van der Waals surface area contributed by atoms with E-state index in [0.29, 0.717) is 5.71 Å². The highest BCUT2D eigenvalue weighted by molar-refractivity contribution is 6.09. The highest BCUT2D eigenvalue weighted by Gasteiger charge is 2.26. The van der Waals surface area contributed by atoms with Crippen molar-refractivity contribution >= 4 is 5.71 Å². The summed E-state index contributed by atoms with van der Waals surface area (Å²) in [6, 6.07) is 39.2. The summed E-state index contributed by atoms with van der Waals surface area (Å²) >= 11 is 0. The summed E-state index contributed by atoms with van der Waals surface area (Å²) in [7, 11) is 0. The van der Waals surface area contributed by atoms with Gasteiger partial charge in [-0.25, -0.2) is 0 Å². The number of hydrogen-bond donors (Lipinski definition) is 0. The van der Waals surface area contributed by atoms with Crippen LogP contribution in [0.5, 0.6) is 0 Å². The predicted molar refractivity (Wildman–Crippen MR) is 114 cm³/mol. The van der Waals surface area contributed by atoms with Crippen molar-refractivity contribution in [2.75, 3.05) is 0 Å². The molecule has 0 aromatic heterocycles. The summed E-state index contributed by atoms with van der Waals surface area (Å²) in [5, 5.41) is 13.9. The Kier molecular flexibility index (Phi) is 5.30. The van der Waals surface area contributed by atoms with Crippen LogP contribution < -0.4 is 0 Å². The highest BCUT2D eigenvalue weighted by atomic mass is 16.5. The second-order valence-corrected chi connectivity index (χ2v) is 6.63. The molecule has 0 spiro atoms. The highest BCUT2D eigenvalue weighted by Crippen LogP contribution is 2.27. The molecule has 0 heterocycles. The van der Waals surface area contributed by atoms with Crippen LogP contribution in [0.4, 0.5) is 0 Å². The Balaban J connectivity index is 1.97. The molecule has 0 aliphatic carbocycles. The van der Waals surface area contributed by atoms with E-state index in [9.17, 15) is 5.21 Å². The summed E-state index contributed by atoms with van der Waals surface area (Å²) in [5.41, 5.74) is 4.40. The Labute approximate surface area is 165 Å². The van der Waals surface area contributed by atoms with Crippen LogP contribution in [0.25, 0.3) is 0 Å². The SMILES string of the molecule is [O-][N+](=C(c1ccccc1)c1ccccc1)C(c1ccccc1)c1ccccc1. The molecule has 28 heavy (non-hydrogen) atoms. The molecular formula is C26H21NO. The molecule has 0 fully saturated rings. The summed E-state index contributed by atoms with van der Waals surface area (Å²) in [4.78, 5) is 0. The van der Waals surface area contributed by atoms with Gasteiger partial charge in [-0.3, -0.25) is 0 Å². The summed E-state index contributed by atoms with van der Waals surface area (Å²) in [5.74, 6) is 0. The Hall–Kier alpha value is -3.65. The third kappa shape index (κ3) is 3.72. The van der Waals surface area contributed by atoms with Gasteiger partial charge in [-0.15, -0.1) is 0 Å². The Bertz CT molecular complexity index is 962. The van der Waals surface area contributed by atoms with Crippen molar-refractivity contribution in [3.05, 3.63) is 149 Å².